The van der Waals surface area contributed by atoms with Crippen LogP contribution in [0.4, 0.5) is 0 Å². The number of hydrogen-bond donors (Lipinski definition) is 3. The van der Waals surface area contributed by atoms with Crippen LogP contribution in [0.25, 0.3) is 0 Å². The molecule has 0 aliphatic rings. The Labute approximate surface area is 350 Å². The van der Waals surface area contributed by atoms with Crippen molar-refractivity contribution in [3.63, 3.8) is 0 Å². The zero-order valence-electron chi connectivity index (χ0n) is 37.7. The highest BCUT2D eigenvalue weighted by Gasteiger charge is 2.17. The first-order valence-corrected chi connectivity index (χ1v) is 24.9. The van der Waals surface area contributed by atoms with E-state index in [9.17, 15) is 15.0 Å². The van der Waals surface area contributed by atoms with E-state index in [2.05, 4.69) is 55.6 Å². The Bertz CT molecular complexity index is 893. The van der Waals surface area contributed by atoms with E-state index < -0.39 is 12.1 Å². The predicted octanol–water partition coefficient (Wildman–Crippen LogP) is 15.9. The molecule has 0 aromatic carbocycles. The summed E-state index contributed by atoms with van der Waals surface area (Å²) in [5.74, 6) is -0.0688. The molecule has 0 aliphatic heterocycles. The maximum Gasteiger partial charge on any atom is 0.220 e. The largest absolute Gasteiger partial charge is 0.394 e. The molecule has 4 heteroatoms. The fraction of sp³-hybridized carbons (Fsp3) is 0.827. The van der Waals surface area contributed by atoms with Gasteiger partial charge >= 0.3 is 0 Å². The zero-order valence-corrected chi connectivity index (χ0v) is 37.7. The van der Waals surface area contributed by atoms with E-state index >= 15 is 0 Å². The maximum absolute atomic E-state index is 12.3. The summed E-state index contributed by atoms with van der Waals surface area (Å²) in [7, 11) is 0. The number of hydrogen-bond acceptors (Lipinski definition) is 3. The van der Waals surface area contributed by atoms with Crippen molar-refractivity contribution in [2.24, 2.45) is 0 Å². The molecule has 0 spiro atoms. The number of carbonyl (C=O) groups is 1. The normalized spacial score (nSPS) is 13.3. The third-order valence-corrected chi connectivity index (χ3v) is 11.3. The molecule has 2 unspecified atom stereocenters. The second kappa shape index (κ2) is 47.7. The number of unbranched alkanes of at least 4 members (excludes halogenated alkanes) is 32. The molecule has 0 aromatic rings. The molecule has 0 rings (SSSR count). The lowest BCUT2D eigenvalue weighted by molar-refractivity contribution is -0.123. The van der Waals surface area contributed by atoms with E-state index in [0.717, 1.165) is 38.5 Å². The van der Waals surface area contributed by atoms with Gasteiger partial charge in [-0.3, -0.25) is 4.79 Å². The highest BCUT2D eigenvalue weighted by Crippen LogP contribution is 2.16. The average Bonchev–Trinajstić information content (AvgIpc) is 3.20. The van der Waals surface area contributed by atoms with Gasteiger partial charge in [0.05, 0.1) is 18.8 Å². The second-order valence-corrected chi connectivity index (χ2v) is 16.9. The Kier molecular flexibility index (Phi) is 46.3. The van der Waals surface area contributed by atoms with Crippen molar-refractivity contribution in [2.45, 2.75) is 270 Å². The van der Waals surface area contributed by atoms with Crippen LogP contribution in [0.15, 0.2) is 48.6 Å². The first kappa shape index (κ1) is 54.3. The van der Waals surface area contributed by atoms with Crippen LogP contribution >= 0.6 is 0 Å². The van der Waals surface area contributed by atoms with Crippen LogP contribution in [-0.4, -0.2) is 34.9 Å². The molecular formula is C52H97NO3. The summed E-state index contributed by atoms with van der Waals surface area (Å²) in [5.41, 5.74) is 0. The summed E-state index contributed by atoms with van der Waals surface area (Å²) in [6, 6.07) is -0.616. The van der Waals surface area contributed by atoms with E-state index in [4.69, 9.17) is 0 Å². The fourth-order valence-corrected chi connectivity index (χ4v) is 7.48. The number of aliphatic hydroxyl groups is 2. The minimum absolute atomic E-state index is 0.0688. The summed E-state index contributed by atoms with van der Waals surface area (Å²) in [5, 5.41) is 22.6. The van der Waals surface area contributed by atoms with Gasteiger partial charge in [-0.25, -0.2) is 0 Å². The Balaban J connectivity index is 3.32. The van der Waals surface area contributed by atoms with E-state index in [1.54, 1.807) is 6.08 Å². The van der Waals surface area contributed by atoms with Gasteiger partial charge in [0.1, 0.15) is 0 Å². The van der Waals surface area contributed by atoms with E-state index in [1.165, 1.54) is 199 Å². The van der Waals surface area contributed by atoms with Gasteiger partial charge in [-0.2, -0.15) is 0 Å². The molecule has 3 N–H and O–H groups in total. The first-order chi connectivity index (χ1) is 27.7. The number of carbonyl (C=O) groups excluding carboxylic acids is 1. The topological polar surface area (TPSA) is 69.6 Å². The molecule has 0 bridgehead atoms. The van der Waals surface area contributed by atoms with Gasteiger partial charge in [-0.1, -0.05) is 242 Å². The van der Waals surface area contributed by atoms with Gasteiger partial charge in [0.15, 0.2) is 0 Å². The standard InChI is InChI=1S/C52H97NO3/c1-3-5-7-9-10-11-12-13-14-15-16-17-18-19-20-21-22-23-24-25-26-27-28-29-30-31-32-33-34-35-36-37-38-39-40-41-42-44-46-48-52(56)53-50(49-54)51(55)47-45-43-8-6-4-2/h12-13,15-16,18-19,45,47,50-51,54-55H,3-11,14,17,20-44,46,48-49H2,1-2H3,(H,53,56)/b13-12-,16-15-,19-18-,47-45+. The SMILES string of the molecule is CCCCC/C=C/C(O)C(CO)NC(=O)CCCCCCCCCCCCCCCCCCCCCCCCCC/C=C\C/C=C\C/C=C\CCCCCCC. The highest BCUT2D eigenvalue weighted by molar-refractivity contribution is 5.76. The zero-order chi connectivity index (χ0) is 40.7. The molecule has 2 atom stereocenters. The predicted molar refractivity (Wildman–Crippen MR) is 248 cm³/mol. The minimum atomic E-state index is -0.833. The number of rotatable bonds is 45. The number of nitrogens with one attached hydrogen (secondary N) is 1. The van der Waals surface area contributed by atoms with Gasteiger partial charge < -0.3 is 15.5 Å². The van der Waals surface area contributed by atoms with Crippen LogP contribution in [0, 0.1) is 0 Å². The molecule has 56 heavy (non-hydrogen) atoms. The lowest BCUT2D eigenvalue weighted by Crippen LogP contribution is -2.45. The molecule has 0 aromatic heterocycles. The van der Waals surface area contributed by atoms with Gasteiger partial charge in [-0.05, 0) is 57.8 Å². The summed E-state index contributed by atoms with van der Waals surface area (Å²) in [6.45, 7) is 4.20. The number of allylic oxidation sites excluding steroid dienone is 7. The van der Waals surface area contributed by atoms with Crippen LogP contribution in [0.5, 0.6) is 0 Å². The minimum Gasteiger partial charge on any atom is -0.394 e. The monoisotopic (exact) mass is 784 g/mol. The molecule has 0 aliphatic carbocycles. The second-order valence-electron chi connectivity index (χ2n) is 16.9. The van der Waals surface area contributed by atoms with E-state index in [-0.39, 0.29) is 12.5 Å². The smallest absolute Gasteiger partial charge is 0.220 e. The van der Waals surface area contributed by atoms with Gasteiger partial charge in [0.2, 0.25) is 5.91 Å². The first-order valence-electron chi connectivity index (χ1n) is 24.9. The third kappa shape index (κ3) is 43.5. The van der Waals surface area contributed by atoms with Crippen molar-refractivity contribution in [1.82, 2.24) is 5.32 Å². The molecule has 0 fully saturated rings. The molecule has 1 amide bonds. The summed E-state index contributed by atoms with van der Waals surface area (Å²) < 4.78 is 0. The van der Waals surface area contributed by atoms with Crippen LogP contribution in [-0.2, 0) is 4.79 Å². The molecule has 328 valence electrons. The van der Waals surface area contributed by atoms with E-state index in [1.807, 2.05) is 6.08 Å². The lowest BCUT2D eigenvalue weighted by Gasteiger charge is -2.20. The Hall–Kier alpha value is -1.65. The molecular weight excluding hydrogens is 687 g/mol. The van der Waals surface area contributed by atoms with Crippen molar-refractivity contribution in [2.75, 3.05) is 6.61 Å². The van der Waals surface area contributed by atoms with Crippen LogP contribution in [0.3, 0.4) is 0 Å². The fourth-order valence-electron chi connectivity index (χ4n) is 7.48. The molecule has 0 heterocycles. The maximum atomic E-state index is 12.3. The Morgan fingerprint density at radius 1 is 0.429 bits per heavy atom. The summed E-state index contributed by atoms with van der Waals surface area (Å²) in [6.07, 6.45) is 65.9. The van der Waals surface area contributed by atoms with Crippen LogP contribution in [0.1, 0.15) is 258 Å². The van der Waals surface area contributed by atoms with Crippen molar-refractivity contribution in [3.8, 4) is 0 Å². The van der Waals surface area contributed by atoms with E-state index in [0.29, 0.717) is 6.42 Å². The van der Waals surface area contributed by atoms with Gasteiger partial charge in [0, 0.05) is 6.42 Å². The Morgan fingerprint density at radius 2 is 0.732 bits per heavy atom. The Morgan fingerprint density at radius 3 is 1.12 bits per heavy atom. The van der Waals surface area contributed by atoms with Gasteiger partial charge in [0.25, 0.3) is 0 Å². The van der Waals surface area contributed by atoms with Crippen molar-refractivity contribution < 1.29 is 15.0 Å². The van der Waals surface area contributed by atoms with Crippen molar-refractivity contribution >= 4 is 5.91 Å². The van der Waals surface area contributed by atoms with Crippen LogP contribution < -0.4 is 5.32 Å². The average molecular weight is 784 g/mol. The number of aliphatic hydroxyl groups excluding tert-OH is 2. The highest BCUT2D eigenvalue weighted by atomic mass is 16.3. The van der Waals surface area contributed by atoms with Gasteiger partial charge in [-0.15, -0.1) is 0 Å². The molecule has 4 nitrogen and oxygen atoms in total. The molecule has 0 saturated heterocycles. The quantitative estimate of drug-likeness (QED) is 0.0425. The van der Waals surface area contributed by atoms with Crippen molar-refractivity contribution in [3.05, 3.63) is 48.6 Å². The third-order valence-electron chi connectivity index (χ3n) is 11.3. The lowest BCUT2D eigenvalue weighted by atomic mass is 10.0. The molecule has 0 radical (unpaired) electrons. The number of amides is 1. The summed E-state index contributed by atoms with van der Waals surface area (Å²) >= 11 is 0. The van der Waals surface area contributed by atoms with Crippen molar-refractivity contribution in [1.29, 1.82) is 0 Å². The summed E-state index contributed by atoms with van der Waals surface area (Å²) in [4.78, 5) is 12.3. The van der Waals surface area contributed by atoms with Crippen LogP contribution in [0.2, 0.25) is 0 Å². The molecule has 0 saturated carbocycles.